The largest absolute Gasteiger partial charge is 0.324 e. The van der Waals surface area contributed by atoms with Crippen LogP contribution in [0.5, 0.6) is 0 Å². The minimum atomic E-state index is -2.51. The predicted octanol–water partition coefficient (Wildman–Crippen LogP) is 5.01. The summed E-state index contributed by atoms with van der Waals surface area (Å²) in [6.07, 6.45) is 1.89. The number of halogens is 2. The van der Waals surface area contributed by atoms with Crippen LogP contribution < -0.4 is 5.32 Å². The number of rotatable bonds is 6. The number of nitrogens with zero attached hydrogens (tertiary/aromatic N) is 1. The van der Waals surface area contributed by atoms with Crippen LogP contribution in [0.25, 0.3) is 0 Å². The van der Waals surface area contributed by atoms with Crippen LogP contribution in [-0.2, 0) is 11.2 Å². The molecule has 1 atom stereocenters. The SMILES string of the molecule is CCC1c2ccsc2CCN1CC(=O)Nc1ccccc1SC(F)F. The van der Waals surface area contributed by atoms with Gasteiger partial charge in [0.2, 0.25) is 5.91 Å². The standard InChI is InChI=1S/C18H20F2N2OS2/c1-2-14-12-8-10-24-15(12)7-9-22(14)11-17(23)21-13-5-3-4-6-16(13)25-18(19)20/h3-6,8,10,14,18H,2,7,9,11H2,1H3,(H,21,23). The number of hydrogen-bond donors (Lipinski definition) is 1. The molecule has 0 saturated carbocycles. The van der Waals surface area contributed by atoms with Gasteiger partial charge in [-0.05, 0) is 42.0 Å². The smallest absolute Gasteiger partial charge is 0.288 e. The molecule has 0 bridgehead atoms. The molecule has 0 fully saturated rings. The molecule has 1 aliphatic rings. The number of alkyl halides is 2. The van der Waals surface area contributed by atoms with Crippen LogP contribution in [0.3, 0.4) is 0 Å². The zero-order chi connectivity index (χ0) is 17.8. The second kappa shape index (κ2) is 8.29. The molecular weight excluding hydrogens is 362 g/mol. The third-order valence-electron chi connectivity index (χ3n) is 4.32. The maximum atomic E-state index is 12.7. The molecular formula is C18H20F2N2OS2. The number of thioether (sulfide) groups is 1. The number of anilines is 1. The van der Waals surface area contributed by atoms with Gasteiger partial charge in [-0.2, -0.15) is 8.78 Å². The predicted molar refractivity (Wildman–Crippen MR) is 99.6 cm³/mol. The lowest BCUT2D eigenvalue weighted by molar-refractivity contribution is -0.118. The van der Waals surface area contributed by atoms with Gasteiger partial charge in [0, 0.05) is 22.4 Å². The van der Waals surface area contributed by atoms with E-state index < -0.39 is 5.76 Å². The number of para-hydroxylation sites is 1. The Kier molecular flexibility index (Phi) is 6.09. The molecule has 3 rings (SSSR count). The molecule has 3 nitrogen and oxygen atoms in total. The molecule has 2 heterocycles. The Hall–Kier alpha value is -1.44. The first-order valence-corrected chi connectivity index (χ1v) is 9.98. The van der Waals surface area contributed by atoms with Gasteiger partial charge < -0.3 is 5.32 Å². The van der Waals surface area contributed by atoms with Gasteiger partial charge in [0.1, 0.15) is 0 Å². The van der Waals surface area contributed by atoms with Gasteiger partial charge >= 0.3 is 0 Å². The van der Waals surface area contributed by atoms with Crippen LogP contribution in [0, 0.1) is 0 Å². The van der Waals surface area contributed by atoms with Gasteiger partial charge in [0.15, 0.2) is 0 Å². The minimum Gasteiger partial charge on any atom is -0.324 e. The molecule has 25 heavy (non-hydrogen) atoms. The number of thiophene rings is 1. The van der Waals surface area contributed by atoms with Gasteiger partial charge in [0.25, 0.3) is 5.76 Å². The molecule has 0 aliphatic carbocycles. The van der Waals surface area contributed by atoms with Crippen molar-refractivity contribution in [3.8, 4) is 0 Å². The number of benzene rings is 1. The molecule has 0 spiro atoms. The van der Waals surface area contributed by atoms with Crippen LogP contribution in [-0.4, -0.2) is 29.7 Å². The molecule has 1 aromatic heterocycles. The summed E-state index contributed by atoms with van der Waals surface area (Å²) in [6.45, 7) is 3.23. The van der Waals surface area contributed by atoms with E-state index in [1.807, 2.05) is 0 Å². The Bertz CT molecular complexity index is 735. The van der Waals surface area contributed by atoms with Crippen molar-refractivity contribution in [3.63, 3.8) is 0 Å². The van der Waals surface area contributed by atoms with Gasteiger partial charge in [-0.15, -0.1) is 11.3 Å². The summed E-state index contributed by atoms with van der Waals surface area (Å²) in [7, 11) is 0. The van der Waals surface area contributed by atoms with E-state index in [0.29, 0.717) is 22.3 Å². The van der Waals surface area contributed by atoms with Crippen LogP contribution in [0.2, 0.25) is 0 Å². The van der Waals surface area contributed by atoms with Crippen molar-refractivity contribution in [2.75, 3.05) is 18.4 Å². The summed E-state index contributed by atoms with van der Waals surface area (Å²) in [5, 5.41) is 4.90. The lowest BCUT2D eigenvalue weighted by Crippen LogP contribution is -2.40. The van der Waals surface area contributed by atoms with Crippen molar-refractivity contribution < 1.29 is 13.6 Å². The number of carbonyl (C=O) groups is 1. The molecule has 1 unspecified atom stereocenters. The van der Waals surface area contributed by atoms with E-state index in [9.17, 15) is 13.6 Å². The third-order valence-corrected chi connectivity index (χ3v) is 6.10. The fourth-order valence-corrected chi connectivity index (χ4v) is 4.78. The van der Waals surface area contributed by atoms with Crippen molar-refractivity contribution in [1.29, 1.82) is 0 Å². The number of carbonyl (C=O) groups excluding carboxylic acids is 1. The topological polar surface area (TPSA) is 32.3 Å². The molecule has 134 valence electrons. The summed E-state index contributed by atoms with van der Waals surface area (Å²) >= 11 is 2.22. The second-order valence-electron chi connectivity index (χ2n) is 5.87. The van der Waals surface area contributed by atoms with Crippen molar-refractivity contribution in [1.82, 2.24) is 4.90 Å². The van der Waals surface area contributed by atoms with Gasteiger partial charge in [-0.1, -0.05) is 30.8 Å². The fourth-order valence-electron chi connectivity index (χ4n) is 3.26. The molecule has 2 aromatic rings. The van der Waals surface area contributed by atoms with Crippen molar-refractivity contribution in [3.05, 3.63) is 46.2 Å². The van der Waals surface area contributed by atoms with E-state index in [1.165, 1.54) is 10.4 Å². The monoisotopic (exact) mass is 382 g/mol. The number of nitrogens with one attached hydrogen (secondary N) is 1. The molecule has 0 radical (unpaired) electrons. The highest BCUT2D eigenvalue weighted by Gasteiger charge is 2.28. The van der Waals surface area contributed by atoms with Crippen molar-refractivity contribution >= 4 is 34.7 Å². The quantitative estimate of drug-likeness (QED) is 0.713. The van der Waals surface area contributed by atoms with Crippen LogP contribution in [0.4, 0.5) is 14.5 Å². The Morgan fingerprint density at radius 1 is 1.40 bits per heavy atom. The molecule has 1 aliphatic heterocycles. The average molecular weight is 383 g/mol. The summed E-state index contributed by atoms with van der Waals surface area (Å²) in [6, 6.07) is 9.07. The zero-order valence-corrected chi connectivity index (χ0v) is 15.5. The van der Waals surface area contributed by atoms with E-state index in [0.717, 1.165) is 19.4 Å². The van der Waals surface area contributed by atoms with Crippen molar-refractivity contribution in [2.45, 2.75) is 36.5 Å². The highest BCUT2D eigenvalue weighted by molar-refractivity contribution is 7.99. The van der Waals surface area contributed by atoms with Gasteiger partial charge in [-0.25, -0.2) is 0 Å². The lowest BCUT2D eigenvalue weighted by atomic mass is 9.98. The van der Waals surface area contributed by atoms with Gasteiger partial charge in [-0.3, -0.25) is 9.69 Å². The maximum Gasteiger partial charge on any atom is 0.288 e. The highest BCUT2D eigenvalue weighted by atomic mass is 32.2. The first-order valence-electron chi connectivity index (χ1n) is 8.22. The fraction of sp³-hybridized carbons (Fsp3) is 0.389. The van der Waals surface area contributed by atoms with E-state index in [-0.39, 0.29) is 18.5 Å². The maximum absolute atomic E-state index is 12.7. The summed E-state index contributed by atoms with van der Waals surface area (Å²) < 4.78 is 25.3. The molecule has 1 amide bonds. The number of fused-ring (bicyclic) bond motifs is 1. The van der Waals surface area contributed by atoms with E-state index >= 15 is 0 Å². The molecule has 1 N–H and O–H groups in total. The number of amides is 1. The van der Waals surface area contributed by atoms with Crippen LogP contribution in [0.1, 0.15) is 29.8 Å². The van der Waals surface area contributed by atoms with Crippen molar-refractivity contribution in [2.24, 2.45) is 0 Å². The summed E-state index contributed by atoms with van der Waals surface area (Å²) in [5.74, 6) is -2.68. The minimum absolute atomic E-state index is 0.167. The first-order chi connectivity index (χ1) is 12.1. The Balaban J connectivity index is 1.67. The van der Waals surface area contributed by atoms with Crippen LogP contribution >= 0.6 is 23.1 Å². The Morgan fingerprint density at radius 2 is 2.20 bits per heavy atom. The second-order valence-corrected chi connectivity index (χ2v) is 7.90. The van der Waals surface area contributed by atoms with E-state index in [2.05, 4.69) is 28.6 Å². The van der Waals surface area contributed by atoms with Crippen LogP contribution in [0.15, 0.2) is 40.6 Å². The zero-order valence-electron chi connectivity index (χ0n) is 13.9. The third kappa shape index (κ3) is 4.40. The average Bonchev–Trinajstić information content (AvgIpc) is 3.04. The normalized spacial score (nSPS) is 17.5. The number of hydrogen-bond acceptors (Lipinski definition) is 4. The molecule has 1 aromatic carbocycles. The van der Waals surface area contributed by atoms with Gasteiger partial charge in [0.05, 0.1) is 12.2 Å². The first kappa shape index (κ1) is 18.4. The summed E-state index contributed by atoms with van der Waals surface area (Å²) in [4.78, 5) is 16.4. The molecule has 7 heteroatoms. The lowest BCUT2D eigenvalue weighted by Gasteiger charge is -2.34. The highest BCUT2D eigenvalue weighted by Crippen LogP contribution is 2.35. The molecule has 0 saturated heterocycles. The summed E-state index contributed by atoms with van der Waals surface area (Å²) in [5.41, 5.74) is 1.76. The Morgan fingerprint density at radius 3 is 2.96 bits per heavy atom. The Labute approximate surface area is 154 Å². The van der Waals surface area contributed by atoms with E-state index in [1.54, 1.807) is 35.6 Å². The van der Waals surface area contributed by atoms with E-state index in [4.69, 9.17) is 0 Å².